The first kappa shape index (κ1) is 24.7. The number of nitrogens with zero attached hydrogens (tertiary/aromatic N) is 2. The standard InChI is InChI=1S/C24H22BrN3O6/c1-3-33-22-12-17(11-20(25)23(22)34-15-16-7-5-4-6-8-16)14-26-27-24(29)19-13-18(28(30)31)9-10-21(19)32-2/h4-14H,3,15H2,1-2H3,(H,27,29). The molecule has 1 N–H and O–H groups in total. The first-order chi connectivity index (χ1) is 16.4. The fourth-order valence-electron chi connectivity index (χ4n) is 3.01. The first-order valence-corrected chi connectivity index (χ1v) is 11.0. The number of amides is 1. The van der Waals surface area contributed by atoms with Crippen LogP contribution in [-0.4, -0.2) is 30.8 Å². The van der Waals surface area contributed by atoms with Crippen molar-refractivity contribution in [2.45, 2.75) is 13.5 Å². The minimum Gasteiger partial charge on any atom is -0.496 e. The lowest BCUT2D eigenvalue weighted by molar-refractivity contribution is -0.384. The molecule has 0 unspecified atom stereocenters. The van der Waals surface area contributed by atoms with Gasteiger partial charge in [-0.15, -0.1) is 0 Å². The number of hydrogen-bond donors (Lipinski definition) is 1. The van der Waals surface area contributed by atoms with Gasteiger partial charge in [0.05, 0.1) is 34.9 Å². The summed E-state index contributed by atoms with van der Waals surface area (Å²) in [6.07, 6.45) is 1.43. The Bertz CT molecular complexity index is 1200. The number of hydrazone groups is 1. The van der Waals surface area contributed by atoms with Crippen LogP contribution < -0.4 is 19.6 Å². The van der Waals surface area contributed by atoms with Crippen LogP contribution in [0.4, 0.5) is 5.69 Å². The van der Waals surface area contributed by atoms with Crippen molar-refractivity contribution in [2.24, 2.45) is 5.10 Å². The maximum absolute atomic E-state index is 12.5. The number of halogens is 1. The van der Waals surface area contributed by atoms with Crippen molar-refractivity contribution < 1.29 is 23.9 Å². The van der Waals surface area contributed by atoms with Gasteiger partial charge in [-0.2, -0.15) is 5.10 Å². The molecule has 0 saturated heterocycles. The zero-order valence-electron chi connectivity index (χ0n) is 18.5. The molecule has 3 aromatic carbocycles. The second-order valence-corrected chi connectivity index (χ2v) is 7.73. The van der Waals surface area contributed by atoms with Crippen LogP contribution in [0.3, 0.4) is 0 Å². The summed E-state index contributed by atoms with van der Waals surface area (Å²) in [6, 6.07) is 17.0. The van der Waals surface area contributed by atoms with Crippen LogP contribution in [-0.2, 0) is 6.61 Å². The molecule has 0 aliphatic carbocycles. The quantitative estimate of drug-likeness (QED) is 0.223. The number of nitro benzene ring substituents is 1. The number of carbonyl (C=O) groups excluding carboxylic acids is 1. The van der Waals surface area contributed by atoms with E-state index >= 15 is 0 Å². The fraction of sp³-hybridized carbons (Fsp3) is 0.167. The van der Waals surface area contributed by atoms with Crippen LogP contribution in [0.2, 0.25) is 0 Å². The van der Waals surface area contributed by atoms with E-state index in [0.717, 1.165) is 11.6 Å². The number of methoxy groups -OCH3 is 1. The van der Waals surface area contributed by atoms with Gasteiger partial charge in [-0.05, 0) is 52.2 Å². The topological polar surface area (TPSA) is 112 Å². The molecule has 34 heavy (non-hydrogen) atoms. The normalized spacial score (nSPS) is 10.7. The average molecular weight is 528 g/mol. The van der Waals surface area contributed by atoms with E-state index in [2.05, 4.69) is 26.5 Å². The Morgan fingerprint density at radius 1 is 1.12 bits per heavy atom. The monoisotopic (exact) mass is 527 g/mol. The minimum atomic E-state index is -0.649. The van der Waals surface area contributed by atoms with E-state index in [0.29, 0.717) is 34.7 Å². The van der Waals surface area contributed by atoms with Gasteiger partial charge in [-0.3, -0.25) is 14.9 Å². The predicted molar refractivity (Wildman–Crippen MR) is 131 cm³/mol. The number of rotatable bonds is 10. The molecule has 0 bridgehead atoms. The summed E-state index contributed by atoms with van der Waals surface area (Å²) in [5, 5.41) is 15.0. The van der Waals surface area contributed by atoms with Gasteiger partial charge in [0.15, 0.2) is 11.5 Å². The largest absolute Gasteiger partial charge is 0.496 e. The second kappa shape index (κ2) is 11.8. The summed E-state index contributed by atoms with van der Waals surface area (Å²) < 4.78 is 17.5. The Balaban J connectivity index is 1.76. The second-order valence-electron chi connectivity index (χ2n) is 6.88. The van der Waals surface area contributed by atoms with Gasteiger partial charge >= 0.3 is 0 Å². The molecule has 0 heterocycles. The predicted octanol–water partition coefficient (Wildman–Crippen LogP) is 5.11. The number of benzene rings is 3. The van der Waals surface area contributed by atoms with E-state index in [-0.39, 0.29) is 17.0 Å². The molecule has 0 aromatic heterocycles. The van der Waals surface area contributed by atoms with Gasteiger partial charge in [-0.1, -0.05) is 30.3 Å². The molecule has 0 aliphatic heterocycles. The van der Waals surface area contributed by atoms with Crippen LogP contribution in [0.25, 0.3) is 0 Å². The lowest BCUT2D eigenvalue weighted by Gasteiger charge is -2.14. The third kappa shape index (κ3) is 6.32. The number of nitro groups is 1. The minimum absolute atomic E-state index is 0.00491. The smallest absolute Gasteiger partial charge is 0.275 e. The summed E-state index contributed by atoms with van der Waals surface area (Å²) in [7, 11) is 1.37. The van der Waals surface area contributed by atoms with Crippen LogP contribution in [0, 0.1) is 10.1 Å². The fourth-order valence-corrected chi connectivity index (χ4v) is 3.58. The van der Waals surface area contributed by atoms with Gasteiger partial charge in [0, 0.05) is 12.1 Å². The van der Waals surface area contributed by atoms with E-state index in [1.54, 1.807) is 12.1 Å². The molecule has 3 rings (SSSR count). The number of nitrogens with one attached hydrogen (secondary N) is 1. The van der Waals surface area contributed by atoms with Gasteiger partial charge in [0.2, 0.25) is 0 Å². The molecule has 0 spiro atoms. The van der Waals surface area contributed by atoms with Crippen molar-refractivity contribution in [1.82, 2.24) is 5.43 Å². The highest BCUT2D eigenvalue weighted by atomic mass is 79.9. The lowest BCUT2D eigenvalue weighted by atomic mass is 10.1. The summed E-state index contributed by atoms with van der Waals surface area (Å²) in [5.41, 5.74) is 3.77. The molecular weight excluding hydrogens is 506 g/mol. The molecular formula is C24H22BrN3O6. The number of carbonyl (C=O) groups is 1. The molecule has 10 heteroatoms. The van der Waals surface area contributed by atoms with E-state index in [1.165, 1.54) is 25.5 Å². The Morgan fingerprint density at radius 2 is 1.88 bits per heavy atom. The van der Waals surface area contributed by atoms with E-state index < -0.39 is 10.8 Å². The molecule has 0 atom stereocenters. The molecule has 0 saturated carbocycles. The maximum Gasteiger partial charge on any atom is 0.275 e. The SMILES string of the molecule is CCOc1cc(C=NNC(=O)c2cc([N+](=O)[O-])ccc2OC)cc(Br)c1OCc1ccccc1. The van der Waals surface area contributed by atoms with Gasteiger partial charge in [-0.25, -0.2) is 5.43 Å². The summed E-state index contributed by atoms with van der Waals surface area (Å²) in [6.45, 7) is 2.66. The van der Waals surface area contributed by atoms with Crippen LogP contribution in [0.15, 0.2) is 70.2 Å². The first-order valence-electron chi connectivity index (χ1n) is 10.2. The van der Waals surface area contributed by atoms with Crippen LogP contribution >= 0.6 is 15.9 Å². The van der Waals surface area contributed by atoms with Crippen molar-refractivity contribution in [3.8, 4) is 17.2 Å². The Labute approximate surface area is 204 Å². The van der Waals surface area contributed by atoms with Crippen molar-refractivity contribution in [3.05, 3.63) is 91.9 Å². The van der Waals surface area contributed by atoms with Crippen LogP contribution in [0.5, 0.6) is 17.2 Å². The molecule has 9 nitrogen and oxygen atoms in total. The van der Waals surface area contributed by atoms with Gasteiger partial charge < -0.3 is 14.2 Å². The number of ether oxygens (including phenoxy) is 3. The highest BCUT2D eigenvalue weighted by Crippen LogP contribution is 2.37. The molecule has 0 fully saturated rings. The third-order valence-corrected chi connectivity index (χ3v) is 5.16. The third-order valence-electron chi connectivity index (χ3n) is 4.58. The molecule has 0 aliphatic rings. The van der Waals surface area contributed by atoms with Crippen molar-refractivity contribution in [2.75, 3.05) is 13.7 Å². The Morgan fingerprint density at radius 3 is 2.56 bits per heavy atom. The van der Waals surface area contributed by atoms with E-state index in [4.69, 9.17) is 14.2 Å². The van der Waals surface area contributed by atoms with Crippen molar-refractivity contribution in [3.63, 3.8) is 0 Å². The average Bonchev–Trinajstić information content (AvgIpc) is 2.83. The number of hydrogen-bond acceptors (Lipinski definition) is 7. The highest BCUT2D eigenvalue weighted by Gasteiger charge is 2.17. The molecule has 1 amide bonds. The van der Waals surface area contributed by atoms with Crippen molar-refractivity contribution >= 4 is 33.7 Å². The summed E-state index contributed by atoms with van der Waals surface area (Å²) in [5.74, 6) is 0.609. The highest BCUT2D eigenvalue weighted by molar-refractivity contribution is 9.10. The number of non-ortho nitro benzene ring substituents is 1. The maximum atomic E-state index is 12.5. The van der Waals surface area contributed by atoms with Gasteiger partial charge in [0.25, 0.3) is 11.6 Å². The molecule has 3 aromatic rings. The van der Waals surface area contributed by atoms with Crippen molar-refractivity contribution in [1.29, 1.82) is 0 Å². The Kier molecular flexibility index (Phi) is 8.58. The zero-order chi connectivity index (χ0) is 24.5. The van der Waals surface area contributed by atoms with E-state index in [1.807, 2.05) is 37.3 Å². The van der Waals surface area contributed by atoms with Crippen LogP contribution in [0.1, 0.15) is 28.4 Å². The zero-order valence-corrected chi connectivity index (χ0v) is 20.1. The summed E-state index contributed by atoms with van der Waals surface area (Å²) >= 11 is 3.51. The Hall–Kier alpha value is -3.92. The van der Waals surface area contributed by atoms with Gasteiger partial charge in [0.1, 0.15) is 12.4 Å². The molecule has 0 radical (unpaired) electrons. The van der Waals surface area contributed by atoms with E-state index in [9.17, 15) is 14.9 Å². The summed E-state index contributed by atoms with van der Waals surface area (Å²) in [4.78, 5) is 23.0. The lowest BCUT2D eigenvalue weighted by Crippen LogP contribution is -2.18. The molecule has 176 valence electrons.